The zero-order valence-electron chi connectivity index (χ0n) is 18.8. The Morgan fingerprint density at radius 3 is 2.37 bits per heavy atom. The zero-order chi connectivity index (χ0) is 22.1. The molecule has 1 unspecified atom stereocenters. The maximum absolute atomic E-state index is 13.8. The van der Waals surface area contributed by atoms with Gasteiger partial charge in [-0.05, 0) is 38.9 Å². The third-order valence-corrected chi connectivity index (χ3v) is 6.37. The molecule has 0 aromatic heterocycles. The van der Waals surface area contributed by atoms with Crippen LogP contribution in [-0.2, 0) is 9.59 Å². The summed E-state index contributed by atoms with van der Waals surface area (Å²) in [5, 5.41) is 0. The molecule has 2 heterocycles. The smallest absolute Gasteiger partial charge is 0.235 e. The van der Waals surface area contributed by atoms with E-state index in [-0.39, 0.29) is 29.7 Å². The van der Waals surface area contributed by atoms with Gasteiger partial charge in [0.25, 0.3) is 0 Å². The van der Waals surface area contributed by atoms with Crippen LogP contribution < -0.4 is 9.64 Å². The summed E-state index contributed by atoms with van der Waals surface area (Å²) in [6.07, 6.45) is 0.793. The van der Waals surface area contributed by atoms with Crippen LogP contribution in [0.25, 0.3) is 0 Å². The highest BCUT2D eigenvalue weighted by Gasteiger charge is 2.50. The normalized spacial score (nSPS) is 22.3. The lowest BCUT2D eigenvalue weighted by Gasteiger charge is -2.37. The Hall–Kier alpha value is -2.15. The third kappa shape index (κ3) is 4.61. The fourth-order valence-electron chi connectivity index (χ4n) is 4.14. The summed E-state index contributed by atoms with van der Waals surface area (Å²) in [5.41, 5.74) is 0.191. The van der Waals surface area contributed by atoms with Gasteiger partial charge in [0.2, 0.25) is 11.8 Å². The predicted molar refractivity (Wildman–Crippen MR) is 115 cm³/mol. The molecule has 166 valence electrons. The van der Waals surface area contributed by atoms with Crippen LogP contribution in [0.2, 0.25) is 0 Å². The van der Waals surface area contributed by atoms with Crippen LogP contribution in [0, 0.1) is 17.2 Å². The van der Waals surface area contributed by atoms with Gasteiger partial charge >= 0.3 is 0 Å². The predicted octanol–water partition coefficient (Wildman–Crippen LogP) is 3.16. The van der Waals surface area contributed by atoms with Crippen molar-refractivity contribution in [3.05, 3.63) is 24.0 Å². The van der Waals surface area contributed by atoms with Crippen LogP contribution in [0.5, 0.6) is 5.75 Å². The van der Waals surface area contributed by atoms with Gasteiger partial charge in [0.05, 0.1) is 17.2 Å². The number of likely N-dealkylation sites (tertiary alicyclic amines) is 1. The number of rotatable bonds is 7. The molecule has 0 spiro atoms. The molecule has 0 radical (unpaired) electrons. The Morgan fingerprint density at radius 2 is 1.80 bits per heavy atom. The van der Waals surface area contributed by atoms with E-state index >= 15 is 0 Å². The Bertz CT molecular complexity index is 788. The Kier molecular flexibility index (Phi) is 6.70. The number of amides is 2. The van der Waals surface area contributed by atoms with Crippen LogP contribution in [-0.4, -0.2) is 67.0 Å². The fourth-order valence-corrected chi connectivity index (χ4v) is 4.14. The maximum atomic E-state index is 13.8. The molecular weight excluding hydrogens is 385 g/mol. The van der Waals surface area contributed by atoms with E-state index in [4.69, 9.17) is 4.74 Å². The van der Waals surface area contributed by atoms with Crippen molar-refractivity contribution in [1.82, 2.24) is 9.80 Å². The molecule has 2 aliphatic rings. The second-order valence-electron chi connectivity index (χ2n) is 9.20. The van der Waals surface area contributed by atoms with Gasteiger partial charge in [-0.25, -0.2) is 4.39 Å². The number of benzene rings is 1. The van der Waals surface area contributed by atoms with Crippen LogP contribution in [0.1, 0.15) is 41.0 Å². The molecule has 2 amide bonds. The monoisotopic (exact) mass is 419 g/mol. The second-order valence-corrected chi connectivity index (χ2v) is 9.20. The van der Waals surface area contributed by atoms with E-state index in [1.807, 2.05) is 34.6 Å². The molecule has 6 nitrogen and oxygen atoms in total. The van der Waals surface area contributed by atoms with Crippen molar-refractivity contribution < 1.29 is 18.7 Å². The minimum Gasteiger partial charge on any atom is -0.489 e. The van der Waals surface area contributed by atoms with Gasteiger partial charge in [-0.15, -0.1) is 0 Å². The first kappa shape index (κ1) is 22.5. The number of carbonyl (C=O) groups is 2. The van der Waals surface area contributed by atoms with E-state index in [0.29, 0.717) is 12.3 Å². The van der Waals surface area contributed by atoms with Crippen LogP contribution in [0.3, 0.4) is 0 Å². The van der Waals surface area contributed by atoms with Gasteiger partial charge in [-0.3, -0.25) is 19.4 Å². The number of hydrogen-bond donors (Lipinski definition) is 0. The summed E-state index contributed by atoms with van der Waals surface area (Å²) in [5.74, 6) is 0.0672. The van der Waals surface area contributed by atoms with Gasteiger partial charge in [-0.1, -0.05) is 20.8 Å². The molecule has 0 saturated carbocycles. The van der Waals surface area contributed by atoms with Gasteiger partial charge in [0.1, 0.15) is 11.6 Å². The molecule has 7 heteroatoms. The topological polar surface area (TPSA) is 53.1 Å². The highest BCUT2D eigenvalue weighted by molar-refractivity contribution is 6.06. The lowest BCUT2D eigenvalue weighted by molar-refractivity contribution is -0.141. The van der Waals surface area contributed by atoms with Crippen molar-refractivity contribution in [3.63, 3.8) is 0 Å². The summed E-state index contributed by atoms with van der Waals surface area (Å²) in [7, 11) is 0. The molecule has 0 bridgehead atoms. The Labute approximate surface area is 179 Å². The van der Waals surface area contributed by atoms with E-state index in [1.54, 1.807) is 12.1 Å². The van der Waals surface area contributed by atoms with Gasteiger partial charge in [-0.2, -0.15) is 0 Å². The summed E-state index contributed by atoms with van der Waals surface area (Å²) in [6.45, 7) is 14.0. The first-order valence-electron chi connectivity index (χ1n) is 10.9. The summed E-state index contributed by atoms with van der Waals surface area (Å²) in [6, 6.07) is 4.67. The van der Waals surface area contributed by atoms with Crippen molar-refractivity contribution in [2.75, 3.05) is 44.2 Å². The van der Waals surface area contributed by atoms with E-state index in [1.165, 1.54) is 11.0 Å². The lowest BCUT2D eigenvalue weighted by Crippen LogP contribution is -2.47. The van der Waals surface area contributed by atoms with Gasteiger partial charge in [0.15, 0.2) is 0 Å². The van der Waals surface area contributed by atoms with Crippen molar-refractivity contribution in [3.8, 4) is 5.75 Å². The minimum atomic E-state index is -0.608. The molecule has 1 aromatic carbocycles. The number of halogens is 1. The quantitative estimate of drug-likeness (QED) is 0.636. The number of imide groups is 1. The van der Waals surface area contributed by atoms with Crippen LogP contribution in [0.15, 0.2) is 18.2 Å². The van der Waals surface area contributed by atoms with Crippen LogP contribution in [0.4, 0.5) is 10.1 Å². The molecular formula is C23H34FN3O3. The highest BCUT2D eigenvalue weighted by Crippen LogP contribution is 2.37. The average Bonchev–Trinajstić information content (AvgIpc) is 2.84. The van der Waals surface area contributed by atoms with Crippen molar-refractivity contribution >= 4 is 17.5 Å². The van der Waals surface area contributed by atoms with Crippen LogP contribution >= 0.6 is 0 Å². The largest absolute Gasteiger partial charge is 0.489 e. The fraction of sp³-hybridized carbons (Fsp3) is 0.652. The molecule has 0 N–H and O–H groups in total. The number of ether oxygens (including phenoxy) is 1. The SMILES string of the molecule is CC(C)Oc1ccc(F)cc1N1CCN(CCCN2C(=O)C(C)C(C)(C)C2=O)CC1. The third-order valence-electron chi connectivity index (χ3n) is 6.37. The molecule has 1 atom stereocenters. The minimum absolute atomic E-state index is 0.0270. The number of anilines is 1. The first-order valence-corrected chi connectivity index (χ1v) is 10.9. The molecule has 1 aromatic rings. The lowest BCUT2D eigenvalue weighted by atomic mass is 9.82. The molecule has 30 heavy (non-hydrogen) atoms. The van der Waals surface area contributed by atoms with Gasteiger partial charge in [0, 0.05) is 44.7 Å². The molecule has 2 saturated heterocycles. The highest BCUT2D eigenvalue weighted by atomic mass is 19.1. The number of hydrogen-bond acceptors (Lipinski definition) is 5. The number of nitrogens with zero attached hydrogens (tertiary/aromatic N) is 3. The summed E-state index contributed by atoms with van der Waals surface area (Å²) >= 11 is 0. The molecule has 2 fully saturated rings. The Morgan fingerprint density at radius 1 is 1.13 bits per heavy atom. The summed E-state index contributed by atoms with van der Waals surface area (Å²) < 4.78 is 19.7. The Balaban J connectivity index is 1.51. The molecule has 3 rings (SSSR count). The van der Waals surface area contributed by atoms with Crippen molar-refractivity contribution in [2.45, 2.75) is 47.1 Å². The average molecular weight is 420 g/mol. The standard InChI is InChI=1S/C23H34FN3O3/c1-16(2)30-20-8-7-18(24)15-19(20)26-13-11-25(12-14-26)9-6-10-27-21(28)17(3)23(4,5)22(27)29/h7-8,15-17H,6,9-14H2,1-5H3. The van der Waals surface area contributed by atoms with Gasteiger partial charge < -0.3 is 9.64 Å². The van der Waals surface area contributed by atoms with E-state index in [2.05, 4.69) is 9.80 Å². The van der Waals surface area contributed by atoms with E-state index < -0.39 is 5.41 Å². The van der Waals surface area contributed by atoms with E-state index in [9.17, 15) is 14.0 Å². The van der Waals surface area contributed by atoms with Crippen molar-refractivity contribution in [1.29, 1.82) is 0 Å². The maximum Gasteiger partial charge on any atom is 0.235 e. The zero-order valence-corrected chi connectivity index (χ0v) is 18.8. The first-order chi connectivity index (χ1) is 14.1. The molecule has 2 aliphatic heterocycles. The van der Waals surface area contributed by atoms with E-state index in [0.717, 1.165) is 44.8 Å². The number of piperazine rings is 1. The van der Waals surface area contributed by atoms with Crippen molar-refractivity contribution in [2.24, 2.45) is 11.3 Å². The summed E-state index contributed by atoms with van der Waals surface area (Å²) in [4.78, 5) is 30.8. The second kappa shape index (κ2) is 8.92. The molecule has 0 aliphatic carbocycles. The number of carbonyl (C=O) groups excluding carboxylic acids is 2.